The van der Waals surface area contributed by atoms with Crippen LogP contribution in [0.25, 0.3) is 0 Å². The zero-order chi connectivity index (χ0) is 17.4. The Labute approximate surface area is 142 Å². The minimum atomic E-state index is -0.724. The summed E-state index contributed by atoms with van der Waals surface area (Å²) in [5.74, 6) is -0.391. The highest BCUT2D eigenvalue weighted by molar-refractivity contribution is 5.83. The second-order valence-electron chi connectivity index (χ2n) is 5.69. The van der Waals surface area contributed by atoms with E-state index in [4.69, 9.17) is 5.73 Å². The molecule has 0 saturated heterocycles. The smallest absolute Gasteiger partial charge is 0.241 e. The summed E-state index contributed by atoms with van der Waals surface area (Å²) in [4.78, 5) is 23.8. The third-order valence-corrected chi connectivity index (χ3v) is 3.70. The van der Waals surface area contributed by atoms with Gasteiger partial charge in [0.2, 0.25) is 11.8 Å². The summed E-state index contributed by atoms with van der Waals surface area (Å²) in [6, 6.07) is 16.5. The Kier molecular flexibility index (Phi) is 6.51. The molecule has 24 heavy (non-hydrogen) atoms. The summed E-state index contributed by atoms with van der Waals surface area (Å²) in [6.07, 6.45) is 0.221. The van der Waals surface area contributed by atoms with E-state index in [0.29, 0.717) is 6.54 Å². The van der Waals surface area contributed by atoms with Crippen molar-refractivity contribution in [2.24, 2.45) is 5.73 Å². The fraction of sp³-hybridized carbons (Fsp3) is 0.263. The van der Waals surface area contributed by atoms with Gasteiger partial charge in [-0.25, -0.2) is 0 Å². The quantitative estimate of drug-likeness (QED) is 0.726. The molecule has 4 N–H and O–H groups in total. The van der Waals surface area contributed by atoms with Crippen molar-refractivity contribution in [3.05, 3.63) is 71.3 Å². The lowest BCUT2D eigenvalue weighted by Gasteiger charge is -2.13. The van der Waals surface area contributed by atoms with Crippen molar-refractivity contribution in [1.29, 1.82) is 0 Å². The van der Waals surface area contributed by atoms with Gasteiger partial charge in [0.05, 0.1) is 0 Å². The molecule has 0 heterocycles. The van der Waals surface area contributed by atoms with Gasteiger partial charge in [-0.1, -0.05) is 60.2 Å². The number of nitrogens with two attached hydrogens (primary N) is 1. The molecule has 0 aromatic heterocycles. The minimum Gasteiger partial charge on any atom is -0.354 e. The summed E-state index contributed by atoms with van der Waals surface area (Å²) in [5.41, 5.74) is 8.83. The maximum atomic E-state index is 12.0. The van der Waals surface area contributed by atoms with E-state index in [2.05, 4.69) is 10.6 Å². The second-order valence-corrected chi connectivity index (χ2v) is 5.69. The van der Waals surface area contributed by atoms with Crippen LogP contribution in [-0.2, 0) is 16.1 Å². The van der Waals surface area contributed by atoms with Crippen LogP contribution in [-0.4, -0.2) is 18.4 Å². The highest BCUT2D eigenvalue weighted by Gasteiger charge is 2.15. The molecule has 1 atom stereocenters. The Morgan fingerprint density at radius 1 is 1.00 bits per heavy atom. The molecule has 2 rings (SSSR count). The van der Waals surface area contributed by atoms with Gasteiger partial charge < -0.3 is 16.4 Å². The van der Waals surface area contributed by atoms with Gasteiger partial charge in [0, 0.05) is 19.5 Å². The largest absolute Gasteiger partial charge is 0.354 e. The van der Waals surface area contributed by atoms with Crippen LogP contribution in [0.5, 0.6) is 0 Å². The molecular weight excluding hydrogens is 302 g/mol. The molecule has 0 fully saturated rings. The third kappa shape index (κ3) is 5.52. The fourth-order valence-electron chi connectivity index (χ4n) is 2.22. The van der Waals surface area contributed by atoms with Gasteiger partial charge in [-0.2, -0.15) is 0 Å². The van der Waals surface area contributed by atoms with E-state index >= 15 is 0 Å². The Hall–Kier alpha value is -2.66. The zero-order valence-corrected chi connectivity index (χ0v) is 13.8. The van der Waals surface area contributed by atoms with Crippen LogP contribution in [0.1, 0.15) is 29.2 Å². The molecule has 0 aliphatic carbocycles. The van der Waals surface area contributed by atoms with E-state index in [0.717, 1.165) is 16.7 Å². The van der Waals surface area contributed by atoms with Crippen LogP contribution in [0, 0.1) is 6.92 Å². The molecule has 2 aromatic rings. The molecule has 2 aromatic carbocycles. The molecule has 2 amide bonds. The number of nitrogens with one attached hydrogen (secondary N) is 2. The van der Waals surface area contributed by atoms with Crippen LogP contribution in [0.15, 0.2) is 54.6 Å². The summed E-state index contributed by atoms with van der Waals surface area (Å²) in [7, 11) is 0. The number of aryl methyl sites for hydroxylation is 1. The molecule has 5 nitrogen and oxygen atoms in total. The van der Waals surface area contributed by atoms with Crippen molar-refractivity contribution in [3.8, 4) is 0 Å². The first-order valence-corrected chi connectivity index (χ1v) is 7.97. The molecule has 0 spiro atoms. The maximum absolute atomic E-state index is 12.0. The average molecular weight is 325 g/mol. The third-order valence-electron chi connectivity index (χ3n) is 3.70. The molecule has 1 unspecified atom stereocenters. The number of hydrogen-bond acceptors (Lipinski definition) is 3. The van der Waals surface area contributed by atoms with E-state index in [1.807, 2.05) is 61.5 Å². The molecule has 0 radical (unpaired) electrons. The Bertz CT molecular complexity index is 669. The Morgan fingerprint density at radius 3 is 2.33 bits per heavy atom. The first kappa shape index (κ1) is 17.7. The van der Waals surface area contributed by atoms with Crippen molar-refractivity contribution in [3.63, 3.8) is 0 Å². The lowest BCUT2D eigenvalue weighted by atomic mass is 10.1. The number of amides is 2. The van der Waals surface area contributed by atoms with E-state index in [1.54, 1.807) is 0 Å². The zero-order valence-electron chi connectivity index (χ0n) is 13.8. The minimum absolute atomic E-state index is 0.108. The van der Waals surface area contributed by atoms with Gasteiger partial charge in [-0.05, 0) is 18.1 Å². The summed E-state index contributed by atoms with van der Waals surface area (Å²) in [5, 5.41) is 5.52. The number of carbonyl (C=O) groups is 2. The first-order chi connectivity index (χ1) is 11.6. The van der Waals surface area contributed by atoms with Crippen LogP contribution in [0.2, 0.25) is 0 Å². The molecule has 126 valence electrons. The monoisotopic (exact) mass is 325 g/mol. The highest BCUT2D eigenvalue weighted by Crippen LogP contribution is 2.11. The lowest BCUT2D eigenvalue weighted by Crippen LogP contribution is -2.36. The van der Waals surface area contributed by atoms with Crippen molar-refractivity contribution in [1.82, 2.24) is 10.6 Å². The van der Waals surface area contributed by atoms with Crippen LogP contribution in [0.3, 0.4) is 0 Å². The van der Waals surface area contributed by atoms with Gasteiger partial charge in [0.1, 0.15) is 6.04 Å². The Balaban J connectivity index is 1.70. The lowest BCUT2D eigenvalue weighted by molar-refractivity contribution is -0.123. The molecule has 0 saturated carbocycles. The van der Waals surface area contributed by atoms with Crippen LogP contribution < -0.4 is 16.4 Å². The summed E-state index contributed by atoms with van der Waals surface area (Å²) < 4.78 is 0. The molecule has 0 aliphatic rings. The normalized spacial score (nSPS) is 11.6. The fourth-order valence-corrected chi connectivity index (χ4v) is 2.22. The summed E-state index contributed by atoms with van der Waals surface area (Å²) in [6.45, 7) is 2.72. The van der Waals surface area contributed by atoms with Gasteiger partial charge in [0.15, 0.2) is 0 Å². The SMILES string of the molecule is Cc1ccc(C(N)C(=O)NCCC(=O)NCc2ccccc2)cc1. The Morgan fingerprint density at radius 2 is 1.67 bits per heavy atom. The van der Waals surface area contributed by atoms with Gasteiger partial charge in [-0.15, -0.1) is 0 Å². The molecule has 0 bridgehead atoms. The van der Waals surface area contributed by atoms with E-state index < -0.39 is 6.04 Å². The molecule has 0 aliphatic heterocycles. The highest BCUT2D eigenvalue weighted by atomic mass is 16.2. The number of benzene rings is 2. The number of hydrogen-bond donors (Lipinski definition) is 3. The van der Waals surface area contributed by atoms with Crippen molar-refractivity contribution in [2.45, 2.75) is 25.9 Å². The van der Waals surface area contributed by atoms with Gasteiger partial charge in [0.25, 0.3) is 0 Å². The van der Waals surface area contributed by atoms with Crippen LogP contribution in [0.4, 0.5) is 0 Å². The number of rotatable bonds is 7. The van der Waals surface area contributed by atoms with Crippen molar-refractivity contribution < 1.29 is 9.59 Å². The van der Waals surface area contributed by atoms with Crippen molar-refractivity contribution in [2.75, 3.05) is 6.54 Å². The van der Waals surface area contributed by atoms with E-state index in [9.17, 15) is 9.59 Å². The van der Waals surface area contributed by atoms with Gasteiger partial charge in [-0.3, -0.25) is 9.59 Å². The topological polar surface area (TPSA) is 84.2 Å². The standard InChI is InChI=1S/C19H23N3O2/c1-14-7-9-16(10-8-14)18(20)19(24)21-12-11-17(23)22-13-15-5-3-2-4-6-15/h2-10,18H,11-13,20H2,1H3,(H,21,24)(H,22,23). The average Bonchev–Trinajstić information content (AvgIpc) is 2.61. The number of carbonyl (C=O) groups excluding carboxylic acids is 2. The molecule has 5 heteroatoms. The van der Waals surface area contributed by atoms with Gasteiger partial charge >= 0.3 is 0 Å². The predicted molar refractivity (Wildman–Crippen MR) is 94.0 cm³/mol. The van der Waals surface area contributed by atoms with Crippen molar-refractivity contribution >= 4 is 11.8 Å². The molecular formula is C19H23N3O2. The van der Waals surface area contributed by atoms with Crippen LogP contribution >= 0.6 is 0 Å². The summed E-state index contributed by atoms with van der Waals surface area (Å²) >= 11 is 0. The van der Waals surface area contributed by atoms with E-state index in [-0.39, 0.29) is 24.8 Å². The first-order valence-electron chi connectivity index (χ1n) is 7.97. The van der Waals surface area contributed by atoms with E-state index in [1.165, 1.54) is 0 Å². The maximum Gasteiger partial charge on any atom is 0.241 e. The second kappa shape index (κ2) is 8.84. The predicted octanol–water partition coefficient (Wildman–Crippen LogP) is 1.82.